The molecule has 106 valence electrons. The standard InChI is InChI=1S/C16H25FN2/c1-3-18-16(14-8-4-5-9-15(14)17)10-12-19-11-6-7-13(19)2/h4-5,8-9,13,16,18H,3,6-7,10-12H2,1-2H3. The molecule has 2 unspecified atom stereocenters. The molecule has 0 radical (unpaired) electrons. The fourth-order valence-electron chi connectivity index (χ4n) is 2.99. The Balaban J connectivity index is 1.98. The molecule has 1 fully saturated rings. The second-order valence-corrected chi connectivity index (χ2v) is 5.45. The number of likely N-dealkylation sites (tertiary alicyclic amines) is 1. The van der Waals surface area contributed by atoms with Crippen LogP contribution in [0.2, 0.25) is 0 Å². The zero-order valence-electron chi connectivity index (χ0n) is 12.0. The van der Waals surface area contributed by atoms with Gasteiger partial charge in [0.1, 0.15) is 5.82 Å². The fraction of sp³-hybridized carbons (Fsp3) is 0.625. The Morgan fingerprint density at radius 2 is 2.21 bits per heavy atom. The van der Waals surface area contributed by atoms with Crippen LogP contribution in [0.15, 0.2) is 24.3 Å². The van der Waals surface area contributed by atoms with E-state index in [-0.39, 0.29) is 11.9 Å². The highest BCUT2D eigenvalue weighted by molar-refractivity contribution is 5.21. The molecule has 1 heterocycles. The van der Waals surface area contributed by atoms with Crippen LogP contribution in [0.3, 0.4) is 0 Å². The first-order valence-corrected chi connectivity index (χ1v) is 7.44. The first-order chi connectivity index (χ1) is 9.22. The number of halogens is 1. The summed E-state index contributed by atoms with van der Waals surface area (Å²) in [7, 11) is 0. The van der Waals surface area contributed by atoms with Crippen LogP contribution in [0.5, 0.6) is 0 Å². The summed E-state index contributed by atoms with van der Waals surface area (Å²) in [5.41, 5.74) is 0.802. The molecule has 2 rings (SSSR count). The van der Waals surface area contributed by atoms with Crippen molar-refractivity contribution in [1.29, 1.82) is 0 Å². The smallest absolute Gasteiger partial charge is 0.127 e. The Bertz CT molecular complexity index is 394. The van der Waals surface area contributed by atoms with Crippen LogP contribution in [-0.4, -0.2) is 30.6 Å². The van der Waals surface area contributed by atoms with E-state index in [0.717, 1.165) is 25.1 Å². The zero-order valence-corrected chi connectivity index (χ0v) is 12.0. The van der Waals surface area contributed by atoms with E-state index in [1.807, 2.05) is 12.1 Å². The second kappa shape index (κ2) is 7.01. The van der Waals surface area contributed by atoms with Crippen LogP contribution in [0, 0.1) is 5.82 Å². The Kier molecular flexibility index (Phi) is 5.34. The molecule has 3 heteroatoms. The van der Waals surface area contributed by atoms with Crippen LogP contribution in [0.4, 0.5) is 4.39 Å². The van der Waals surface area contributed by atoms with E-state index in [2.05, 4.69) is 24.1 Å². The van der Waals surface area contributed by atoms with Gasteiger partial charge in [-0.05, 0) is 45.3 Å². The normalized spacial score (nSPS) is 21.7. The largest absolute Gasteiger partial charge is 0.310 e. The maximum atomic E-state index is 13.9. The van der Waals surface area contributed by atoms with Crippen LogP contribution < -0.4 is 5.32 Å². The van der Waals surface area contributed by atoms with Gasteiger partial charge in [-0.1, -0.05) is 25.1 Å². The maximum Gasteiger partial charge on any atom is 0.127 e. The van der Waals surface area contributed by atoms with Crippen molar-refractivity contribution in [3.8, 4) is 0 Å². The van der Waals surface area contributed by atoms with E-state index >= 15 is 0 Å². The van der Waals surface area contributed by atoms with Gasteiger partial charge < -0.3 is 10.2 Å². The molecule has 0 amide bonds. The lowest BCUT2D eigenvalue weighted by Crippen LogP contribution is -2.32. The molecule has 2 nitrogen and oxygen atoms in total. The monoisotopic (exact) mass is 264 g/mol. The molecule has 1 saturated heterocycles. The van der Waals surface area contributed by atoms with E-state index in [4.69, 9.17) is 0 Å². The number of hydrogen-bond acceptors (Lipinski definition) is 2. The summed E-state index contributed by atoms with van der Waals surface area (Å²) >= 11 is 0. The Morgan fingerprint density at radius 1 is 1.42 bits per heavy atom. The van der Waals surface area contributed by atoms with Crippen molar-refractivity contribution in [2.24, 2.45) is 0 Å². The highest BCUT2D eigenvalue weighted by Crippen LogP contribution is 2.23. The van der Waals surface area contributed by atoms with Crippen molar-refractivity contribution >= 4 is 0 Å². The summed E-state index contributed by atoms with van der Waals surface area (Å²) in [6.07, 6.45) is 3.57. The first-order valence-electron chi connectivity index (χ1n) is 7.44. The van der Waals surface area contributed by atoms with Crippen molar-refractivity contribution in [3.05, 3.63) is 35.6 Å². The summed E-state index contributed by atoms with van der Waals surface area (Å²) < 4.78 is 13.9. The van der Waals surface area contributed by atoms with Gasteiger partial charge >= 0.3 is 0 Å². The summed E-state index contributed by atoms with van der Waals surface area (Å²) in [6, 6.07) is 7.93. The van der Waals surface area contributed by atoms with E-state index in [1.54, 1.807) is 12.1 Å². The first kappa shape index (κ1) is 14.5. The molecule has 0 aliphatic carbocycles. The number of rotatable bonds is 6. The van der Waals surface area contributed by atoms with Gasteiger partial charge in [-0.3, -0.25) is 0 Å². The lowest BCUT2D eigenvalue weighted by atomic mass is 10.0. The molecule has 1 aromatic carbocycles. The SMILES string of the molecule is CCNC(CCN1CCCC1C)c1ccccc1F. The van der Waals surface area contributed by atoms with Gasteiger partial charge in [0.2, 0.25) is 0 Å². The molecule has 0 saturated carbocycles. The van der Waals surface area contributed by atoms with Gasteiger partial charge in [0.25, 0.3) is 0 Å². The zero-order chi connectivity index (χ0) is 13.7. The molecule has 19 heavy (non-hydrogen) atoms. The lowest BCUT2D eigenvalue weighted by molar-refractivity contribution is 0.251. The van der Waals surface area contributed by atoms with Crippen LogP contribution in [-0.2, 0) is 0 Å². The molecule has 0 spiro atoms. The second-order valence-electron chi connectivity index (χ2n) is 5.45. The third-order valence-corrected chi connectivity index (χ3v) is 4.13. The Morgan fingerprint density at radius 3 is 2.84 bits per heavy atom. The number of benzene rings is 1. The van der Waals surface area contributed by atoms with Gasteiger partial charge in [-0.2, -0.15) is 0 Å². The molecule has 2 atom stereocenters. The van der Waals surface area contributed by atoms with Crippen LogP contribution in [0.25, 0.3) is 0 Å². The fourth-order valence-corrected chi connectivity index (χ4v) is 2.99. The highest BCUT2D eigenvalue weighted by atomic mass is 19.1. The van der Waals surface area contributed by atoms with Crippen LogP contribution in [0.1, 0.15) is 44.7 Å². The third kappa shape index (κ3) is 3.77. The predicted octanol–water partition coefficient (Wildman–Crippen LogP) is 3.35. The van der Waals surface area contributed by atoms with E-state index in [0.29, 0.717) is 6.04 Å². The van der Waals surface area contributed by atoms with Crippen molar-refractivity contribution in [2.45, 2.75) is 45.2 Å². The van der Waals surface area contributed by atoms with Gasteiger partial charge in [0.05, 0.1) is 0 Å². The molecule has 0 bridgehead atoms. The predicted molar refractivity (Wildman–Crippen MR) is 77.7 cm³/mol. The van der Waals surface area contributed by atoms with E-state index in [9.17, 15) is 4.39 Å². The molecule has 1 N–H and O–H groups in total. The minimum Gasteiger partial charge on any atom is -0.310 e. The maximum absolute atomic E-state index is 13.9. The van der Waals surface area contributed by atoms with Gasteiger partial charge in [-0.25, -0.2) is 4.39 Å². The van der Waals surface area contributed by atoms with E-state index < -0.39 is 0 Å². The van der Waals surface area contributed by atoms with Crippen molar-refractivity contribution in [3.63, 3.8) is 0 Å². The number of nitrogens with one attached hydrogen (secondary N) is 1. The van der Waals surface area contributed by atoms with Crippen molar-refractivity contribution in [1.82, 2.24) is 10.2 Å². The lowest BCUT2D eigenvalue weighted by Gasteiger charge is -2.25. The number of nitrogens with zero attached hydrogens (tertiary/aromatic N) is 1. The average Bonchev–Trinajstić information content (AvgIpc) is 2.81. The minimum atomic E-state index is -0.0945. The minimum absolute atomic E-state index is 0.0945. The van der Waals surface area contributed by atoms with Gasteiger partial charge in [0.15, 0.2) is 0 Å². The topological polar surface area (TPSA) is 15.3 Å². The van der Waals surface area contributed by atoms with Crippen molar-refractivity contribution < 1.29 is 4.39 Å². The molecular weight excluding hydrogens is 239 g/mol. The van der Waals surface area contributed by atoms with Crippen LogP contribution >= 0.6 is 0 Å². The summed E-state index contributed by atoms with van der Waals surface area (Å²) in [6.45, 7) is 7.48. The van der Waals surface area contributed by atoms with Crippen molar-refractivity contribution in [2.75, 3.05) is 19.6 Å². The molecular formula is C16H25FN2. The molecule has 1 aliphatic heterocycles. The molecule has 1 aliphatic rings. The Labute approximate surface area is 116 Å². The molecule has 0 aromatic heterocycles. The average molecular weight is 264 g/mol. The Hall–Kier alpha value is -0.930. The number of hydrogen-bond donors (Lipinski definition) is 1. The summed E-state index contributed by atoms with van der Waals surface area (Å²) in [4.78, 5) is 2.52. The van der Waals surface area contributed by atoms with Gasteiger partial charge in [-0.15, -0.1) is 0 Å². The summed E-state index contributed by atoms with van der Waals surface area (Å²) in [5, 5.41) is 3.41. The van der Waals surface area contributed by atoms with Gasteiger partial charge in [0, 0.05) is 24.2 Å². The quantitative estimate of drug-likeness (QED) is 0.847. The highest BCUT2D eigenvalue weighted by Gasteiger charge is 2.22. The third-order valence-electron chi connectivity index (χ3n) is 4.13. The molecule has 1 aromatic rings. The summed E-state index contributed by atoms with van der Waals surface area (Å²) in [5.74, 6) is -0.0945. The van der Waals surface area contributed by atoms with E-state index in [1.165, 1.54) is 19.4 Å².